The molecular weight excluding hydrogens is 246 g/mol. The standard InChI is InChI=1S/C13H9F4N/c1-8-6-10(7-18-12(8)14)9-2-4-11(5-3-9)13(15,16)17/h2-7H,1H3. The molecule has 1 nitrogen and oxygen atoms in total. The van der Waals surface area contributed by atoms with Crippen molar-refractivity contribution in [2.75, 3.05) is 0 Å². The topological polar surface area (TPSA) is 12.9 Å². The Hall–Kier alpha value is -1.91. The van der Waals surface area contributed by atoms with Gasteiger partial charge in [-0.15, -0.1) is 0 Å². The van der Waals surface area contributed by atoms with Gasteiger partial charge in [0.05, 0.1) is 5.56 Å². The summed E-state index contributed by atoms with van der Waals surface area (Å²) in [4.78, 5) is 3.54. The first-order valence-electron chi connectivity index (χ1n) is 5.18. The van der Waals surface area contributed by atoms with Gasteiger partial charge in [-0.3, -0.25) is 0 Å². The molecule has 0 atom stereocenters. The van der Waals surface area contributed by atoms with Crippen LogP contribution >= 0.6 is 0 Å². The van der Waals surface area contributed by atoms with E-state index in [1.54, 1.807) is 13.0 Å². The highest BCUT2D eigenvalue weighted by Gasteiger charge is 2.29. The number of pyridine rings is 1. The summed E-state index contributed by atoms with van der Waals surface area (Å²) in [5, 5.41) is 0. The molecule has 0 bridgehead atoms. The molecule has 0 aliphatic carbocycles. The van der Waals surface area contributed by atoms with Crippen LogP contribution in [0.5, 0.6) is 0 Å². The van der Waals surface area contributed by atoms with Crippen LogP contribution in [-0.4, -0.2) is 4.98 Å². The minimum Gasteiger partial charge on any atom is -0.227 e. The van der Waals surface area contributed by atoms with Crippen LogP contribution in [0.2, 0.25) is 0 Å². The van der Waals surface area contributed by atoms with Gasteiger partial charge in [-0.05, 0) is 30.7 Å². The Morgan fingerprint density at radius 3 is 2.11 bits per heavy atom. The van der Waals surface area contributed by atoms with E-state index in [1.807, 2.05) is 0 Å². The fraction of sp³-hybridized carbons (Fsp3) is 0.154. The van der Waals surface area contributed by atoms with E-state index >= 15 is 0 Å². The predicted molar refractivity (Wildman–Crippen MR) is 59.4 cm³/mol. The summed E-state index contributed by atoms with van der Waals surface area (Å²) in [7, 11) is 0. The summed E-state index contributed by atoms with van der Waals surface area (Å²) in [5.74, 6) is -0.578. The molecule has 2 rings (SSSR count). The molecular formula is C13H9F4N. The van der Waals surface area contributed by atoms with Gasteiger partial charge >= 0.3 is 6.18 Å². The van der Waals surface area contributed by atoms with Crippen LogP contribution < -0.4 is 0 Å². The van der Waals surface area contributed by atoms with Crippen molar-refractivity contribution < 1.29 is 17.6 Å². The average Bonchev–Trinajstić information content (AvgIpc) is 2.32. The molecule has 2 aromatic rings. The number of benzene rings is 1. The molecule has 1 aromatic heterocycles. The minimum atomic E-state index is -4.35. The van der Waals surface area contributed by atoms with E-state index in [4.69, 9.17) is 0 Å². The molecule has 0 N–H and O–H groups in total. The second-order valence-corrected chi connectivity index (χ2v) is 3.91. The molecule has 0 amide bonds. The Balaban J connectivity index is 2.37. The number of aromatic nitrogens is 1. The zero-order valence-electron chi connectivity index (χ0n) is 9.42. The van der Waals surface area contributed by atoms with E-state index < -0.39 is 17.7 Å². The molecule has 0 fully saturated rings. The maximum atomic E-state index is 13.0. The molecule has 0 aliphatic rings. The highest BCUT2D eigenvalue weighted by atomic mass is 19.4. The van der Waals surface area contributed by atoms with E-state index in [0.717, 1.165) is 12.1 Å². The Morgan fingerprint density at radius 1 is 1.00 bits per heavy atom. The smallest absolute Gasteiger partial charge is 0.227 e. The molecule has 5 heteroatoms. The Labute approximate surface area is 101 Å². The summed E-state index contributed by atoms with van der Waals surface area (Å²) < 4.78 is 50.1. The molecule has 94 valence electrons. The number of hydrogen-bond acceptors (Lipinski definition) is 1. The molecule has 0 radical (unpaired) electrons. The van der Waals surface area contributed by atoms with Gasteiger partial charge in [-0.25, -0.2) is 4.98 Å². The number of hydrogen-bond donors (Lipinski definition) is 0. The van der Waals surface area contributed by atoms with Gasteiger partial charge in [0.25, 0.3) is 0 Å². The quantitative estimate of drug-likeness (QED) is 0.549. The summed E-state index contributed by atoms with van der Waals surface area (Å²) in [6.07, 6.45) is -3.06. The van der Waals surface area contributed by atoms with Gasteiger partial charge in [-0.1, -0.05) is 12.1 Å². The second-order valence-electron chi connectivity index (χ2n) is 3.91. The average molecular weight is 255 g/mol. The van der Waals surface area contributed by atoms with E-state index in [9.17, 15) is 17.6 Å². The number of rotatable bonds is 1. The summed E-state index contributed by atoms with van der Waals surface area (Å²) >= 11 is 0. The number of aryl methyl sites for hydroxylation is 1. The normalized spacial score (nSPS) is 11.6. The lowest BCUT2D eigenvalue weighted by Gasteiger charge is -2.08. The number of nitrogens with zero attached hydrogens (tertiary/aromatic N) is 1. The Morgan fingerprint density at radius 2 is 1.61 bits per heavy atom. The monoisotopic (exact) mass is 255 g/mol. The minimum absolute atomic E-state index is 0.354. The first-order chi connectivity index (χ1) is 8.38. The maximum Gasteiger partial charge on any atom is 0.416 e. The molecule has 0 saturated heterocycles. The largest absolute Gasteiger partial charge is 0.416 e. The van der Waals surface area contributed by atoms with E-state index in [2.05, 4.69) is 4.98 Å². The molecule has 1 aromatic carbocycles. The fourth-order valence-electron chi connectivity index (χ4n) is 1.57. The third kappa shape index (κ3) is 2.50. The molecule has 0 saturated carbocycles. The third-order valence-electron chi connectivity index (χ3n) is 2.56. The van der Waals surface area contributed by atoms with Crippen LogP contribution in [0.25, 0.3) is 11.1 Å². The highest BCUT2D eigenvalue weighted by Crippen LogP contribution is 2.31. The van der Waals surface area contributed by atoms with Crippen molar-refractivity contribution in [3.63, 3.8) is 0 Å². The fourth-order valence-corrected chi connectivity index (χ4v) is 1.57. The van der Waals surface area contributed by atoms with Crippen molar-refractivity contribution in [3.8, 4) is 11.1 Å². The van der Waals surface area contributed by atoms with Crippen LogP contribution in [-0.2, 0) is 6.18 Å². The van der Waals surface area contributed by atoms with Gasteiger partial charge in [0.2, 0.25) is 5.95 Å². The van der Waals surface area contributed by atoms with Gasteiger partial charge in [-0.2, -0.15) is 17.6 Å². The van der Waals surface area contributed by atoms with Crippen molar-refractivity contribution in [3.05, 3.63) is 53.6 Å². The Kier molecular flexibility index (Phi) is 3.07. The van der Waals surface area contributed by atoms with Crippen molar-refractivity contribution in [2.45, 2.75) is 13.1 Å². The van der Waals surface area contributed by atoms with Crippen molar-refractivity contribution >= 4 is 0 Å². The Bertz CT molecular complexity index is 558. The summed E-state index contributed by atoms with van der Waals surface area (Å²) in [6, 6.07) is 6.22. The number of alkyl halides is 3. The SMILES string of the molecule is Cc1cc(-c2ccc(C(F)(F)F)cc2)cnc1F. The van der Waals surface area contributed by atoms with Crippen molar-refractivity contribution in [1.82, 2.24) is 4.98 Å². The summed E-state index contributed by atoms with van der Waals surface area (Å²) in [6.45, 7) is 1.55. The lowest BCUT2D eigenvalue weighted by atomic mass is 10.0. The van der Waals surface area contributed by atoms with E-state index in [0.29, 0.717) is 16.7 Å². The molecule has 0 aliphatic heterocycles. The molecule has 0 spiro atoms. The predicted octanol–water partition coefficient (Wildman–Crippen LogP) is 4.21. The van der Waals surface area contributed by atoms with Gasteiger partial charge < -0.3 is 0 Å². The number of halogens is 4. The lowest BCUT2D eigenvalue weighted by Crippen LogP contribution is -2.04. The van der Waals surface area contributed by atoms with Gasteiger partial charge in [0.15, 0.2) is 0 Å². The first kappa shape index (κ1) is 12.5. The van der Waals surface area contributed by atoms with Crippen LogP contribution in [0.15, 0.2) is 36.5 Å². The second kappa shape index (κ2) is 4.40. The lowest BCUT2D eigenvalue weighted by molar-refractivity contribution is -0.137. The molecule has 1 heterocycles. The van der Waals surface area contributed by atoms with Gasteiger partial charge in [0.1, 0.15) is 0 Å². The zero-order chi connectivity index (χ0) is 13.3. The van der Waals surface area contributed by atoms with Crippen molar-refractivity contribution in [2.24, 2.45) is 0 Å². The first-order valence-corrected chi connectivity index (χ1v) is 5.18. The van der Waals surface area contributed by atoms with Crippen LogP contribution in [0.4, 0.5) is 17.6 Å². The van der Waals surface area contributed by atoms with Crippen LogP contribution in [0, 0.1) is 12.9 Å². The van der Waals surface area contributed by atoms with Crippen molar-refractivity contribution in [1.29, 1.82) is 0 Å². The third-order valence-corrected chi connectivity index (χ3v) is 2.56. The maximum absolute atomic E-state index is 13.0. The van der Waals surface area contributed by atoms with Gasteiger partial charge in [0, 0.05) is 17.3 Å². The molecule has 18 heavy (non-hydrogen) atoms. The van der Waals surface area contributed by atoms with Crippen LogP contribution in [0.1, 0.15) is 11.1 Å². The van der Waals surface area contributed by atoms with Crippen LogP contribution in [0.3, 0.4) is 0 Å². The molecule has 0 unspecified atom stereocenters. The van der Waals surface area contributed by atoms with E-state index in [1.165, 1.54) is 18.3 Å². The van der Waals surface area contributed by atoms with E-state index in [-0.39, 0.29) is 0 Å². The summed E-state index contributed by atoms with van der Waals surface area (Å²) in [5.41, 5.74) is 0.798. The highest BCUT2D eigenvalue weighted by molar-refractivity contribution is 5.63. The zero-order valence-corrected chi connectivity index (χ0v) is 9.42.